The molecule has 3 aliphatic rings. The quantitative estimate of drug-likeness (QED) is 0.638. The summed E-state index contributed by atoms with van der Waals surface area (Å²) in [5.74, 6) is 2.24. The fourth-order valence-electron chi connectivity index (χ4n) is 6.12. The van der Waals surface area contributed by atoms with Gasteiger partial charge in [-0.2, -0.15) is 0 Å². The number of hydrogen-bond acceptors (Lipinski definition) is 2. The van der Waals surface area contributed by atoms with Crippen molar-refractivity contribution in [2.45, 2.75) is 71.8 Å². The number of aromatic hydroxyl groups is 1. The van der Waals surface area contributed by atoms with E-state index < -0.39 is 0 Å². The zero-order valence-electron chi connectivity index (χ0n) is 16.0. The second-order valence-electron chi connectivity index (χ2n) is 10.0. The lowest BCUT2D eigenvalue weighted by molar-refractivity contribution is -0.0161. The third-order valence-corrected chi connectivity index (χ3v) is 7.20. The van der Waals surface area contributed by atoms with Crippen molar-refractivity contribution in [3.8, 4) is 5.75 Å². The van der Waals surface area contributed by atoms with Crippen LogP contribution in [0.25, 0.3) is 0 Å². The molecule has 2 saturated carbocycles. The van der Waals surface area contributed by atoms with E-state index in [0.717, 1.165) is 25.7 Å². The Morgan fingerprint density at radius 3 is 2.68 bits per heavy atom. The largest absolute Gasteiger partial charge is 0.508 e. The first-order valence-corrected chi connectivity index (χ1v) is 9.90. The Bertz CT molecular complexity index is 711. The maximum Gasteiger partial charge on any atom is 0.115 e. The molecule has 2 N–H and O–H groups in total. The molecule has 0 aliphatic heterocycles. The van der Waals surface area contributed by atoms with Crippen molar-refractivity contribution < 1.29 is 10.2 Å². The third-order valence-electron chi connectivity index (χ3n) is 7.20. The standard InChI is InChI=1S/C23H32O2/c1-22(2,3)13-15-12-20-19-7-5-14-11-16(24)6-8-17(14)18(19)9-10-23(20,4)21(15)25/h6,8,11,13,18-21,24-25H,5,7,9-10,12H2,1-4H3/t18-,19-,20+,21?,23+/m1/s1. The predicted molar refractivity (Wildman–Crippen MR) is 102 cm³/mol. The number of phenolic OH excluding ortho intramolecular Hbond substituents is 1. The molecule has 0 heterocycles. The van der Waals surface area contributed by atoms with Crippen LogP contribution in [0.3, 0.4) is 0 Å². The molecule has 0 aromatic heterocycles. The Kier molecular flexibility index (Phi) is 3.85. The van der Waals surface area contributed by atoms with Gasteiger partial charge >= 0.3 is 0 Å². The maximum atomic E-state index is 11.1. The van der Waals surface area contributed by atoms with E-state index in [2.05, 4.69) is 39.8 Å². The fourth-order valence-corrected chi connectivity index (χ4v) is 6.12. The summed E-state index contributed by atoms with van der Waals surface area (Å²) in [5.41, 5.74) is 4.23. The lowest BCUT2D eigenvalue weighted by Gasteiger charge is -2.49. The number of phenols is 1. The number of rotatable bonds is 0. The molecule has 0 spiro atoms. The smallest absolute Gasteiger partial charge is 0.115 e. The second kappa shape index (κ2) is 5.61. The van der Waals surface area contributed by atoms with Crippen molar-refractivity contribution in [3.05, 3.63) is 41.0 Å². The highest BCUT2D eigenvalue weighted by Crippen LogP contribution is 2.62. The summed E-state index contributed by atoms with van der Waals surface area (Å²) in [6.07, 6.45) is 7.62. The zero-order valence-corrected chi connectivity index (χ0v) is 16.0. The number of aryl methyl sites for hydroxylation is 1. The van der Waals surface area contributed by atoms with Crippen LogP contribution < -0.4 is 0 Å². The van der Waals surface area contributed by atoms with E-state index in [1.54, 1.807) is 0 Å². The molecule has 2 nitrogen and oxygen atoms in total. The number of aliphatic hydroxyl groups excluding tert-OH is 1. The van der Waals surface area contributed by atoms with Crippen LogP contribution in [-0.4, -0.2) is 16.3 Å². The van der Waals surface area contributed by atoms with Gasteiger partial charge in [-0.05, 0) is 84.1 Å². The van der Waals surface area contributed by atoms with Gasteiger partial charge in [0.15, 0.2) is 0 Å². The molecule has 1 aromatic rings. The van der Waals surface area contributed by atoms with Gasteiger partial charge in [-0.1, -0.05) is 39.8 Å². The van der Waals surface area contributed by atoms with Crippen LogP contribution in [0, 0.1) is 22.7 Å². The normalized spacial score (nSPS) is 39.0. The van der Waals surface area contributed by atoms with Crippen LogP contribution in [0.5, 0.6) is 5.75 Å². The van der Waals surface area contributed by atoms with Crippen LogP contribution in [0.1, 0.15) is 70.4 Å². The highest BCUT2D eigenvalue weighted by molar-refractivity contribution is 5.41. The first kappa shape index (κ1) is 17.1. The summed E-state index contributed by atoms with van der Waals surface area (Å²) in [4.78, 5) is 0. The molecule has 0 bridgehead atoms. The Balaban J connectivity index is 1.69. The first-order chi connectivity index (χ1) is 11.7. The molecule has 4 rings (SSSR count). The Morgan fingerprint density at radius 1 is 1.20 bits per heavy atom. The molecule has 0 amide bonds. The van der Waals surface area contributed by atoms with E-state index >= 15 is 0 Å². The minimum Gasteiger partial charge on any atom is -0.508 e. The summed E-state index contributed by atoms with van der Waals surface area (Å²) in [5, 5.41) is 20.9. The summed E-state index contributed by atoms with van der Waals surface area (Å²) < 4.78 is 0. The highest BCUT2D eigenvalue weighted by atomic mass is 16.3. The minimum atomic E-state index is -0.279. The topological polar surface area (TPSA) is 40.5 Å². The van der Waals surface area contributed by atoms with E-state index in [1.807, 2.05) is 12.1 Å². The monoisotopic (exact) mass is 340 g/mol. The number of benzene rings is 1. The van der Waals surface area contributed by atoms with E-state index in [4.69, 9.17) is 0 Å². The average molecular weight is 341 g/mol. The van der Waals surface area contributed by atoms with Crippen molar-refractivity contribution in [3.63, 3.8) is 0 Å². The maximum absolute atomic E-state index is 11.1. The molecule has 2 fully saturated rings. The van der Waals surface area contributed by atoms with Crippen molar-refractivity contribution >= 4 is 0 Å². The molecule has 3 aliphatic carbocycles. The van der Waals surface area contributed by atoms with E-state index in [0.29, 0.717) is 23.5 Å². The Labute approximate surface area is 152 Å². The molecule has 25 heavy (non-hydrogen) atoms. The second-order valence-corrected chi connectivity index (χ2v) is 10.0. The highest BCUT2D eigenvalue weighted by Gasteiger charge is 2.56. The first-order valence-electron chi connectivity index (χ1n) is 9.90. The predicted octanol–water partition coefficient (Wildman–Crippen LogP) is 5.19. The van der Waals surface area contributed by atoms with Gasteiger partial charge in [0, 0.05) is 5.41 Å². The Hall–Kier alpha value is -1.28. The van der Waals surface area contributed by atoms with Gasteiger partial charge in [-0.15, -0.1) is 0 Å². The molecule has 0 saturated heterocycles. The van der Waals surface area contributed by atoms with Crippen molar-refractivity contribution in [1.82, 2.24) is 0 Å². The number of fused-ring (bicyclic) bond motifs is 5. The van der Waals surface area contributed by atoms with Gasteiger partial charge in [0.2, 0.25) is 0 Å². The van der Waals surface area contributed by atoms with Gasteiger partial charge in [0.25, 0.3) is 0 Å². The van der Waals surface area contributed by atoms with Crippen LogP contribution >= 0.6 is 0 Å². The van der Waals surface area contributed by atoms with Crippen molar-refractivity contribution in [2.24, 2.45) is 22.7 Å². The van der Waals surface area contributed by atoms with Crippen molar-refractivity contribution in [1.29, 1.82) is 0 Å². The Morgan fingerprint density at radius 2 is 1.96 bits per heavy atom. The van der Waals surface area contributed by atoms with Gasteiger partial charge in [0.05, 0.1) is 6.10 Å². The van der Waals surface area contributed by atoms with E-state index in [9.17, 15) is 10.2 Å². The summed E-state index contributed by atoms with van der Waals surface area (Å²) >= 11 is 0. The molecular weight excluding hydrogens is 308 g/mol. The lowest BCUT2D eigenvalue weighted by atomic mass is 9.55. The fraction of sp³-hybridized carbons (Fsp3) is 0.652. The van der Waals surface area contributed by atoms with Gasteiger partial charge in [0.1, 0.15) is 5.75 Å². The van der Waals surface area contributed by atoms with E-state index in [1.165, 1.54) is 23.1 Å². The summed E-state index contributed by atoms with van der Waals surface area (Å²) in [6, 6.07) is 5.97. The van der Waals surface area contributed by atoms with Crippen LogP contribution in [0.15, 0.2) is 29.8 Å². The molecule has 0 radical (unpaired) electrons. The molecule has 1 unspecified atom stereocenters. The van der Waals surface area contributed by atoms with Gasteiger partial charge in [-0.3, -0.25) is 0 Å². The molecule has 5 atom stereocenters. The average Bonchev–Trinajstić information content (AvgIpc) is 2.77. The van der Waals surface area contributed by atoms with E-state index in [-0.39, 0.29) is 16.9 Å². The van der Waals surface area contributed by atoms with Gasteiger partial charge in [-0.25, -0.2) is 0 Å². The summed E-state index contributed by atoms with van der Waals surface area (Å²) in [7, 11) is 0. The number of aliphatic hydroxyl groups is 1. The molecule has 2 heteroatoms. The third kappa shape index (κ3) is 2.73. The number of hydrogen-bond donors (Lipinski definition) is 2. The van der Waals surface area contributed by atoms with Crippen molar-refractivity contribution in [2.75, 3.05) is 0 Å². The molecular formula is C23H32O2. The minimum absolute atomic E-state index is 0.0344. The number of allylic oxidation sites excluding steroid dienone is 1. The molecule has 136 valence electrons. The van der Waals surface area contributed by atoms with Crippen LogP contribution in [0.2, 0.25) is 0 Å². The van der Waals surface area contributed by atoms with Gasteiger partial charge < -0.3 is 10.2 Å². The van der Waals surface area contributed by atoms with Crippen LogP contribution in [0.4, 0.5) is 0 Å². The summed E-state index contributed by atoms with van der Waals surface area (Å²) in [6.45, 7) is 9.00. The zero-order chi connectivity index (χ0) is 18.0. The molecule has 1 aromatic carbocycles. The lowest BCUT2D eigenvalue weighted by Crippen LogP contribution is -2.44. The van der Waals surface area contributed by atoms with Crippen LogP contribution in [-0.2, 0) is 6.42 Å². The SMILES string of the molecule is CC(C)(C)C=C1C[C@H]2[C@@H]3CCc4cc(O)ccc4[C@H]3CC[C@]2(C)C1O.